The maximum Gasteiger partial charge on any atom is 0.226 e. The van der Waals surface area contributed by atoms with Gasteiger partial charge in [-0.3, -0.25) is 4.79 Å². The predicted molar refractivity (Wildman–Crippen MR) is 38.4 cm³/mol. The molecular weight excluding hydrogens is 126 g/mol. The fraction of sp³-hybridized carbons (Fsp3) is 0.875. The lowest BCUT2D eigenvalue weighted by Gasteiger charge is -2.13. The van der Waals surface area contributed by atoms with E-state index < -0.39 is 0 Å². The Hall–Kier alpha value is -0.530. The molecule has 2 unspecified atom stereocenters. The van der Waals surface area contributed by atoms with Gasteiger partial charge in [-0.15, -0.1) is 0 Å². The molecule has 1 amide bonds. The number of fused-ring (bicyclic) bond motifs is 1. The quantitative estimate of drug-likeness (QED) is 0.571. The Balaban J connectivity index is 2.25. The summed E-state index contributed by atoms with van der Waals surface area (Å²) < 4.78 is 0. The summed E-state index contributed by atoms with van der Waals surface area (Å²) in [5, 5.41) is 2.90. The van der Waals surface area contributed by atoms with Gasteiger partial charge >= 0.3 is 0 Å². The van der Waals surface area contributed by atoms with Crippen molar-refractivity contribution in [2.45, 2.75) is 20.3 Å². The minimum Gasteiger partial charge on any atom is -0.355 e. The van der Waals surface area contributed by atoms with Gasteiger partial charge in [-0.2, -0.15) is 0 Å². The zero-order valence-corrected chi connectivity index (χ0v) is 6.48. The van der Waals surface area contributed by atoms with Crippen LogP contribution in [0.1, 0.15) is 20.3 Å². The molecule has 1 heterocycles. The molecule has 2 fully saturated rings. The van der Waals surface area contributed by atoms with Crippen LogP contribution in [0.15, 0.2) is 0 Å². The number of carbonyl (C=O) groups excluding carboxylic acids is 1. The van der Waals surface area contributed by atoms with Gasteiger partial charge in [0.1, 0.15) is 0 Å². The topological polar surface area (TPSA) is 29.1 Å². The summed E-state index contributed by atoms with van der Waals surface area (Å²) in [6.07, 6.45) is 1.14. The summed E-state index contributed by atoms with van der Waals surface area (Å²) in [5.74, 6) is 1.49. The van der Waals surface area contributed by atoms with E-state index in [1.54, 1.807) is 0 Å². The van der Waals surface area contributed by atoms with Crippen molar-refractivity contribution < 1.29 is 4.79 Å². The van der Waals surface area contributed by atoms with E-state index in [1.807, 2.05) is 0 Å². The van der Waals surface area contributed by atoms with Gasteiger partial charge in [0, 0.05) is 6.54 Å². The average Bonchev–Trinajstić information content (AvgIpc) is 2.52. The highest BCUT2D eigenvalue weighted by molar-refractivity contribution is 5.89. The van der Waals surface area contributed by atoms with Crippen molar-refractivity contribution in [2.24, 2.45) is 17.3 Å². The van der Waals surface area contributed by atoms with E-state index in [0.717, 1.165) is 13.0 Å². The molecule has 0 aromatic carbocycles. The summed E-state index contributed by atoms with van der Waals surface area (Å²) in [6.45, 7) is 5.22. The smallest absolute Gasteiger partial charge is 0.226 e. The van der Waals surface area contributed by atoms with E-state index in [9.17, 15) is 4.79 Å². The second kappa shape index (κ2) is 1.55. The van der Waals surface area contributed by atoms with Crippen LogP contribution < -0.4 is 5.32 Å². The zero-order valence-electron chi connectivity index (χ0n) is 6.48. The summed E-state index contributed by atoms with van der Waals surface area (Å²) in [6, 6.07) is 0. The molecule has 1 aliphatic carbocycles. The monoisotopic (exact) mass is 139 g/mol. The van der Waals surface area contributed by atoms with Crippen LogP contribution in [0, 0.1) is 17.3 Å². The van der Waals surface area contributed by atoms with Crippen LogP contribution in [0.5, 0.6) is 0 Å². The van der Waals surface area contributed by atoms with E-state index in [1.165, 1.54) is 0 Å². The number of amides is 1. The van der Waals surface area contributed by atoms with Crippen molar-refractivity contribution in [1.29, 1.82) is 0 Å². The number of piperidine rings is 1. The fourth-order valence-electron chi connectivity index (χ4n) is 2.23. The normalized spacial score (nSPS) is 43.5. The summed E-state index contributed by atoms with van der Waals surface area (Å²) in [4.78, 5) is 11.3. The first-order chi connectivity index (χ1) is 4.68. The first-order valence-electron chi connectivity index (χ1n) is 3.96. The van der Waals surface area contributed by atoms with Crippen molar-refractivity contribution >= 4 is 5.91 Å². The number of nitrogens with one attached hydrogen (secondary N) is 1. The van der Waals surface area contributed by atoms with E-state index in [2.05, 4.69) is 19.2 Å². The summed E-state index contributed by atoms with van der Waals surface area (Å²) in [5.41, 5.74) is 0.0694. The molecule has 1 N–H and O–H groups in total. The van der Waals surface area contributed by atoms with E-state index in [-0.39, 0.29) is 5.41 Å². The highest BCUT2D eigenvalue weighted by Gasteiger charge is 2.64. The van der Waals surface area contributed by atoms with Crippen molar-refractivity contribution in [3.63, 3.8) is 0 Å². The van der Waals surface area contributed by atoms with Crippen molar-refractivity contribution in [3.05, 3.63) is 0 Å². The molecule has 2 nitrogen and oxygen atoms in total. The van der Waals surface area contributed by atoms with Gasteiger partial charge in [-0.25, -0.2) is 0 Å². The molecule has 10 heavy (non-hydrogen) atoms. The largest absolute Gasteiger partial charge is 0.355 e. The van der Waals surface area contributed by atoms with E-state index in [0.29, 0.717) is 17.7 Å². The van der Waals surface area contributed by atoms with Gasteiger partial charge in [0.05, 0.1) is 5.41 Å². The van der Waals surface area contributed by atoms with Crippen LogP contribution >= 0.6 is 0 Å². The van der Waals surface area contributed by atoms with Crippen molar-refractivity contribution in [2.75, 3.05) is 6.54 Å². The molecule has 1 saturated carbocycles. The highest BCUT2D eigenvalue weighted by atomic mass is 16.2. The predicted octanol–water partition coefficient (Wildman–Crippen LogP) is 0.778. The second-order valence-corrected chi connectivity index (χ2v) is 3.81. The minimum absolute atomic E-state index is 0.0694. The van der Waals surface area contributed by atoms with Gasteiger partial charge in [-0.05, 0) is 18.3 Å². The molecule has 0 bridgehead atoms. The Morgan fingerprint density at radius 1 is 1.70 bits per heavy atom. The molecule has 2 atom stereocenters. The van der Waals surface area contributed by atoms with E-state index in [4.69, 9.17) is 0 Å². The third-order valence-electron chi connectivity index (χ3n) is 3.11. The molecule has 1 saturated heterocycles. The molecule has 0 aromatic heterocycles. The average molecular weight is 139 g/mol. The molecular formula is C8H13NO. The zero-order chi connectivity index (χ0) is 7.35. The van der Waals surface area contributed by atoms with Crippen LogP contribution in [0.3, 0.4) is 0 Å². The Morgan fingerprint density at radius 2 is 2.40 bits per heavy atom. The summed E-state index contributed by atoms with van der Waals surface area (Å²) in [7, 11) is 0. The van der Waals surface area contributed by atoms with Gasteiger partial charge in [0.25, 0.3) is 0 Å². The third kappa shape index (κ3) is 0.482. The first-order valence-corrected chi connectivity index (χ1v) is 3.96. The van der Waals surface area contributed by atoms with Crippen LogP contribution in [-0.4, -0.2) is 12.5 Å². The Bertz CT molecular complexity index is 184. The van der Waals surface area contributed by atoms with Crippen LogP contribution in [0.4, 0.5) is 0 Å². The Kier molecular flexibility index (Phi) is 0.960. The van der Waals surface area contributed by atoms with Gasteiger partial charge in [0.2, 0.25) is 5.91 Å². The van der Waals surface area contributed by atoms with Crippen LogP contribution in [0.25, 0.3) is 0 Å². The second-order valence-electron chi connectivity index (χ2n) is 3.81. The highest BCUT2D eigenvalue weighted by Crippen LogP contribution is 2.60. The van der Waals surface area contributed by atoms with Gasteiger partial charge in [-0.1, -0.05) is 13.8 Å². The maximum atomic E-state index is 11.3. The first kappa shape index (κ1) is 6.20. The standard InChI is InChI=1S/C8H13NO/c1-5(2)8-3-6(8)4-9-7(8)10/h5-6H,3-4H2,1-2H3,(H,9,10). The Labute approximate surface area is 61.0 Å². The van der Waals surface area contributed by atoms with Crippen molar-refractivity contribution in [3.8, 4) is 0 Å². The number of hydrogen-bond donors (Lipinski definition) is 1. The molecule has 0 radical (unpaired) electrons. The summed E-state index contributed by atoms with van der Waals surface area (Å²) >= 11 is 0. The van der Waals surface area contributed by atoms with E-state index >= 15 is 0 Å². The lowest BCUT2D eigenvalue weighted by Crippen LogP contribution is -2.28. The van der Waals surface area contributed by atoms with Gasteiger partial charge in [0.15, 0.2) is 0 Å². The van der Waals surface area contributed by atoms with Crippen LogP contribution in [-0.2, 0) is 4.79 Å². The molecule has 2 heteroatoms. The van der Waals surface area contributed by atoms with Crippen molar-refractivity contribution in [1.82, 2.24) is 5.32 Å². The van der Waals surface area contributed by atoms with Crippen LogP contribution in [0.2, 0.25) is 0 Å². The Morgan fingerprint density at radius 3 is 2.60 bits per heavy atom. The molecule has 2 rings (SSSR count). The number of carbonyl (C=O) groups is 1. The molecule has 0 spiro atoms. The third-order valence-corrected chi connectivity index (χ3v) is 3.11. The SMILES string of the molecule is CC(C)C12CC1CNC2=O. The maximum absolute atomic E-state index is 11.3. The molecule has 56 valence electrons. The molecule has 2 aliphatic rings. The molecule has 0 aromatic rings. The minimum atomic E-state index is 0.0694. The fourth-order valence-corrected chi connectivity index (χ4v) is 2.23. The van der Waals surface area contributed by atoms with Gasteiger partial charge < -0.3 is 5.32 Å². The number of rotatable bonds is 1. The lowest BCUT2D eigenvalue weighted by atomic mass is 9.91. The number of hydrogen-bond acceptors (Lipinski definition) is 1. The molecule has 1 aliphatic heterocycles. The lowest BCUT2D eigenvalue weighted by molar-refractivity contribution is -0.125.